The maximum atomic E-state index is 12.9. The van der Waals surface area contributed by atoms with E-state index in [-0.39, 0.29) is 5.82 Å². The summed E-state index contributed by atoms with van der Waals surface area (Å²) < 4.78 is 13.8. The lowest BCUT2D eigenvalue weighted by molar-refractivity contribution is 0.489. The largest absolute Gasteiger partial charge is 0.317 e. The van der Waals surface area contributed by atoms with E-state index in [1.165, 1.54) is 17.7 Å². The van der Waals surface area contributed by atoms with Gasteiger partial charge in [0.1, 0.15) is 5.82 Å². The van der Waals surface area contributed by atoms with Crippen molar-refractivity contribution in [2.24, 2.45) is 5.92 Å². The van der Waals surface area contributed by atoms with E-state index in [1.807, 2.05) is 6.07 Å². The summed E-state index contributed by atoms with van der Waals surface area (Å²) in [5, 5.41) is 3.34. The Hall–Kier alpha value is -0.410. The van der Waals surface area contributed by atoms with E-state index in [9.17, 15) is 4.39 Å². The van der Waals surface area contributed by atoms with Crippen LogP contribution in [-0.4, -0.2) is 13.1 Å². The molecule has 16 heavy (non-hydrogen) atoms. The van der Waals surface area contributed by atoms with Gasteiger partial charge >= 0.3 is 0 Å². The van der Waals surface area contributed by atoms with Gasteiger partial charge in [0.05, 0.1) is 0 Å². The molecule has 1 nitrogen and oxygen atoms in total. The van der Waals surface area contributed by atoms with E-state index in [0.29, 0.717) is 5.92 Å². The van der Waals surface area contributed by atoms with E-state index in [2.05, 4.69) is 35.1 Å². The van der Waals surface area contributed by atoms with Crippen LogP contribution in [0.15, 0.2) is 22.7 Å². The van der Waals surface area contributed by atoms with Crippen molar-refractivity contribution in [2.45, 2.75) is 26.7 Å². The lowest BCUT2D eigenvalue weighted by Crippen LogP contribution is -2.20. The summed E-state index contributed by atoms with van der Waals surface area (Å²) in [7, 11) is 0. The fraction of sp³-hybridized carbons (Fsp3) is 0.538. The molecule has 0 aliphatic carbocycles. The second-order valence-electron chi connectivity index (χ2n) is 4.19. The number of nitrogens with one attached hydrogen (secondary N) is 1. The third-order valence-corrected chi connectivity index (χ3v) is 3.40. The minimum atomic E-state index is -0.184. The van der Waals surface area contributed by atoms with Gasteiger partial charge in [0.2, 0.25) is 0 Å². The Morgan fingerprint density at radius 2 is 2.19 bits per heavy atom. The Labute approximate surface area is 106 Å². The maximum absolute atomic E-state index is 12.9. The standard InChI is InChI=1S/C13H19BrFN/c1-3-16-9-10(2)4-5-11-6-7-12(15)8-13(11)14/h6-8,10,16H,3-5,9H2,1-2H3. The minimum absolute atomic E-state index is 0.184. The summed E-state index contributed by atoms with van der Waals surface area (Å²) in [5.74, 6) is 0.466. The van der Waals surface area contributed by atoms with Crippen LogP contribution in [0.4, 0.5) is 4.39 Å². The number of rotatable bonds is 6. The fourth-order valence-corrected chi connectivity index (χ4v) is 2.17. The molecule has 3 heteroatoms. The highest BCUT2D eigenvalue weighted by Gasteiger charge is 2.05. The van der Waals surface area contributed by atoms with Crippen LogP contribution in [0.3, 0.4) is 0 Å². The second kappa shape index (κ2) is 7.02. The monoisotopic (exact) mass is 287 g/mol. The van der Waals surface area contributed by atoms with E-state index >= 15 is 0 Å². The normalized spacial score (nSPS) is 12.8. The molecule has 0 aliphatic heterocycles. The Bertz CT molecular complexity index is 328. The number of halogens is 2. The summed E-state index contributed by atoms with van der Waals surface area (Å²) in [6.07, 6.45) is 2.12. The highest BCUT2D eigenvalue weighted by molar-refractivity contribution is 9.10. The highest BCUT2D eigenvalue weighted by atomic mass is 79.9. The molecule has 0 spiro atoms. The van der Waals surface area contributed by atoms with E-state index < -0.39 is 0 Å². The minimum Gasteiger partial charge on any atom is -0.317 e. The van der Waals surface area contributed by atoms with Crippen LogP contribution in [0.1, 0.15) is 25.8 Å². The van der Waals surface area contributed by atoms with Crippen LogP contribution >= 0.6 is 15.9 Å². The first-order chi connectivity index (χ1) is 7.63. The molecule has 90 valence electrons. The Morgan fingerprint density at radius 1 is 1.44 bits per heavy atom. The quantitative estimate of drug-likeness (QED) is 0.840. The first-order valence-electron chi connectivity index (χ1n) is 5.78. The number of hydrogen-bond acceptors (Lipinski definition) is 1. The zero-order chi connectivity index (χ0) is 12.0. The predicted molar refractivity (Wildman–Crippen MR) is 70.1 cm³/mol. The van der Waals surface area contributed by atoms with Crippen molar-refractivity contribution in [3.63, 3.8) is 0 Å². The topological polar surface area (TPSA) is 12.0 Å². The molecule has 0 aliphatic rings. The summed E-state index contributed by atoms with van der Waals surface area (Å²) in [6.45, 7) is 6.42. The van der Waals surface area contributed by atoms with E-state index in [0.717, 1.165) is 30.4 Å². The average Bonchev–Trinajstić information content (AvgIpc) is 2.25. The van der Waals surface area contributed by atoms with Gasteiger partial charge in [-0.25, -0.2) is 4.39 Å². The highest BCUT2D eigenvalue weighted by Crippen LogP contribution is 2.20. The van der Waals surface area contributed by atoms with Gasteiger partial charge in [-0.15, -0.1) is 0 Å². The van der Waals surface area contributed by atoms with Crippen LogP contribution in [-0.2, 0) is 6.42 Å². The molecule has 1 aromatic carbocycles. The average molecular weight is 288 g/mol. The van der Waals surface area contributed by atoms with Gasteiger partial charge in [-0.1, -0.05) is 35.8 Å². The van der Waals surface area contributed by atoms with Gasteiger partial charge in [-0.05, 0) is 49.5 Å². The number of aryl methyl sites for hydroxylation is 1. The van der Waals surface area contributed by atoms with Crippen LogP contribution in [0.2, 0.25) is 0 Å². The molecule has 0 heterocycles. The summed E-state index contributed by atoms with van der Waals surface area (Å²) in [5.41, 5.74) is 1.18. The van der Waals surface area contributed by atoms with Crippen molar-refractivity contribution in [3.05, 3.63) is 34.1 Å². The number of benzene rings is 1. The van der Waals surface area contributed by atoms with Gasteiger partial charge in [-0.3, -0.25) is 0 Å². The molecule has 1 aromatic rings. The SMILES string of the molecule is CCNCC(C)CCc1ccc(F)cc1Br. The van der Waals surface area contributed by atoms with Crippen LogP contribution < -0.4 is 5.32 Å². The van der Waals surface area contributed by atoms with Crippen LogP contribution in [0, 0.1) is 11.7 Å². The molecule has 1 rings (SSSR count). The van der Waals surface area contributed by atoms with E-state index in [4.69, 9.17) is 0 Å². The lowest BCUT2D eigenvalue weighted by atomic mass is 10.0. The van der Waals surface area contributed by atoms with Crippen molar-refractivity contribution in [1.82, 2.24) is 5.32 Å². The van der Waals surface area contributed by atoms with Crippen LogP contribution in [0.25, 0.3) is 0 Å². The van der Waals surface area contributed by atoms with Crippen molar-refractivity contribution in [2.75, 3.05) is 13.1 Å². The molecule has 0 bridgehead atoms. The third-order valence-electron chi connectivity index (χ3n) is 2.66. The molecule has 0 saturated carbocycles. The second-order valence-corrected chi connectivity index (χ2v) is 5.04. The molecule has 1 N–H and O–H groups in total. The van der Waals surface area contributed by atoms with Gasteiger partial charge < -0.3 is 5.32 Å². The van der Waals surface area contributed by atoms with Crippen molar-refractivity contribution < 1.29 is 4.39 Å². The first kappa shape index (κ1) is 13.7. The van der Waals surface area contributed by atoms with E-state index in [1.54, 1.807) is 0 Å². The number of hydrogen-bond donors (Lipinski definition) is 1. The molecule has 1 unspecified atom stereocenters. The van der Waals surface area contributed by atoms with Gasteiger partial charge in [0.25, 0.3) is 0 Å². The zero-order valence-corrected chi connectivity index (χ0v) is 11.5. The Kier molecular flexibility index (Phi) is 5.99. The Balaban J connectivity index is 2.42. The fourth-order valence-electron chi connectivity index (χ4n) is 1.62. The van der Waals surface area contributed by atoms with Crippen LogP contribution in [0.5, 0.6) is 0 Å². The molecular weight excluding hydrogens is 269 g/mol. The van der Waals surface area contributed by atoms with Crippen molar-refractivity contribution >= 4 is 15.9 Å². The predicted octanol–water partition coefficient (Wildman–Crippen LogP) is 3.77. The van der Waals surface area contributed by atoms with Crippen molar-refractivity contribution in [3.8, 4) is 0 Å². The molecule has 0 radical (unpaired) electrons. The molecule has 0 saturated heterocycles. The third kappa shape index (κ3) is 4.62. The molecule has 0 amide bonds. The Morgan fingerprint density at radius 3 is 2.81 bits per heavy atom. The summed E-state index contributed by atoms with van der Waals surface area (Å²) >= 11 is 3.39. The molecule has 0 fully saturated rings. The maximum Gasteiger partial charge on any atom is 0.124 e. The van der Waals surface area contributed by atoms with Gasteiger partial charge in [0, 0.05) is 4.47 Å². The summed E-state index contributed by atoms with van der Waals surface area (Å²) in [4.78, 5) is 0. The zero-order valence-electron chi connectivity index (χ0n) is 9.89. The smallest absolute Gasteiger partial charge is 0.124 e. The van der Waals surface area contributed by atoms with Gasteiger partial charge in [0.15, 0.2) is 0 Å². The lowest BCUT2D eigenvalue weighted by Gasteiger charge is -2.12. The van der Waals surface area contributed by atoms with Gasteiger partial charge in [-0.2, -0.15) is 0 Å². The van der Waals surface area contributed by atoms with Crippen molar-refractivity contribution in [1.29, 1.82) is 0 Å². The molecular formula is C13H19BrFN. The summed E-state index contributed by atoms with van der Waals surface area (Å²) in [6, 6.07) is 4.92. The molecule has 0 aromatic heterocycles. The first-order valence-corrected chi connectivity index (χ1v) is 6.57. The molecule has 1 atom stereocenters.